The lowest BCUT2D eigenvalue weighted by Crippen LogP contribution is -2.38. The van der Waals surface area contributed by atoms with E-state index in [4.69, 9.17) is 26.2 Å². The summed E-state index contributed by atoms with van der Waals surface area (Å²) in [6.07, 6.45) is 3.50. The Morgan fingerprint density at radius 2 is 1.96 bits per heavy atom. The van der Waals surface area contributed by atoms with Crippen molar-refractivity contribution in [3.63, 3.8) is 0 Å². The Morgan fingerprint density at radius 1 is 1.18 bits per heavy atom. The Morgan fingerprint density at radius 3 is 2.64 bits per heavy atom. The number of nitrogens with one attached hydrogen (secondary N) is 1. The van der Waals surface area contributed by atoms with Crippen LogP contribution < -0.4 is 10.2 Å². The molecule has 0 fully saturated rings. The topological polar surface area (TPSA) is 73.6 Å². The number of amidine groups is 1. The summed E-state index contributed by atoms with van der Waals surface area (Å²) in [5.74, 6) is 1.02. The number of nitrogens with zero attached hydrogens (tertiary/aromatic N) is 4. The first-order chi connectivity index (χ1) is 13.5. The number of aryl methyl sites for hydroxylation is 1. The van der Waals surface area contributed by atoms with Crippen LogP contribution in [-0.4, -0.2) is 33.6 Å². The molecule has 0 bridgehead atoms. The quantitative estimate of drug-likeness (QED) is 0.727. The lowest BCUT2D eigenvalue weighted by molar-refractivity contribution is -0.00478. The molecular formula is C20H20ClN5O2. The van der Waals surface area contributed by atoms with Crippen LogP contribution in [0.2, 0.25) is 5.02 Å². The van der Waals surface area contributed by atoms with Crippen LogP contribution in [0.3, 0.4) is 0 Å². The molecule has 0 amide bonds. The van der Waals surface area contributed by atoms with Gasteiger partial charge in [-0.15, -0.1) is 0 Å². The fraction of sp³-hybridized carbons (Fsp3) is 0.250. The van der Waals surface area contributed by atoms with Gasteiger partial charge < -0.3 is 9.30 Å². The van der Waals surface area contributed by atoms with Crippen LogP contribution in [-0.2, 0) is 4.84 Å². The van der Waals surface area contributed by atoms with Crippen LogP contribution >= 0.6 is 11.6 Å². The Hall–Kier alpha value is -2.90. The molecule has 1 aromatic carbocycles. The van der Waals surface area contributed by atoms with E-state index in [0.717, 1.165) is 16.9 Å². The normalized spacial score (nSPS) is 19.1. The number of aromatic nitrogens is 3. The molecule has 2 aromatic heterocycles. The van der Waals surface area contributed by atoms with Crippen LogP contribution in [0.25, 0.3) is 5.69 Å². The second kappa shape index (κ2) is 7.61. The molecule has 1 N–H and O–H groups in total. The number of hydroxylamine groups is 1. The molecule has 144 valence electrons. The Kier molecular flexibility index (Phi) is 5.02. The zero-order valence-electron chi connectivity index (χ0n) is 15.8. The predicted molar refractivity (Wildman–Crippen MR) is 107 cm³/mol. The number of rotatable bonds is 4. The fourth-order valence-corrected chi connectivity index (χ4v) is 3.20. The van der Waals surface area contributed by atoms with Gasteiger partial charge in [0.1, 0.15) is 23.5 Å². The summed E-state index contributed by atoms with van der Waals surface area (Å²) in [7, 11) is 1.59. The largest absolute Gasteiger partial charge is 0.479 e. The number of methoxy groups -OCH3 is 1. The van der Waals surface area contributed by atoms with Gasteiger partial charge in [-0.05, 0) is 43.7 Å². The molecule has 0 aliphatic carbocycles. The number of aliphatic imine (C=N–C) groups is 1. The summed E-state index contributed by atoms with van der Waals surface area (Å²) in [6.45, 7) is 3.89. The Bertz CT molecular complexity index is 1020. The van der Waals surface area contributed by atoms with Gasteiger partial charge in [0.2, 0.25) is 5.88 Å². The van der Waals surface area contributed by atoms with Gasteiger partial charge in [-0.3, -0.25) is 9.83 Å². The van der Waals surface area contributed by atoms with E-state index in [1.807, 2.05) is 61.0 Å². The Balaban J connectivity index is 1.69. The zero-order valence-corrected chi connectivity index (χ0v) is 16.5. The second-order valence-corrected chi connectivity index (χ2v) is 6.98. The summed E-state index contributed by atoms with van der Waals surface area (Å²) in [5, 5.41) is 0.687. The summed E-state index contributed by atoms with van der Waals surface area (Å²) in [5.41, 5.74) is 6.26. The number of pyridine rings is 1. The van der Waals surface area contributed by atoms with Crippen molar-refractivity contribution in [2.24, 2.45) is 4.99 Å². The molecule has 4 rings (SSSR count). The van der Waals surface area contributed by atoms with Crippen molar-refractivity contribution in [3.05, 3.63) is 70.9 Å². The van der Waals surface area contributed by atoms with Crippen molar-refractivity contribution in [2.45, 2.75) is 26.0 Å². The van der Waals surface area contributed by atoms with Gasteiger partial charge in [-0.2, -0.15) is 0 Å². The number of ether oxygens (including phenoxy) is 1. The molecule has 1 aliphatic rings. The van der Waals surface area contributed by atoms with Crippen molar-refractivity contribution >= 4 is 17.4 Å². The zero-order chi connectivity index (χ0) is 19.7. The first-order valence-corrected chi connectivity index (χ1v) is 9.24. The summed E-state index contributed by atoms with van der Waals surface area (Å²) in [4.78, 5) is 19.4. The maximum absolute atomic E-state index is 6.00. The minimum absolute atomic E-state index is 0.139. The Labute approximate surface area is 168 Å². The van der Waals surface area contributed by atoms with Crippen LogP contribution in [0.4, 0.5) is 0 Å². The first kappa shape index (κ1) is 18.5. The molecule has 0 spiro atoms. The maximum atomic E-state index is 6.00. The van der Waals surface area contributed by atoms with Gasteiger partial charge in [0.05, 0.1) is 19.1 Å². The van der Waals surface area contributed by atoms with Crippen molar-refractivity contribution < 1.29 is 9.57 Å². The number of hydrogen-bond donors (Lipinski definition) is 1. The van der Waals surface area contributed by atoms with Gasteiger partial charge >= 0.3 is 0 Å². The van der Waals surface area contributed by atoms with Gasteiger partial charge in [0, 0.05) is 11.2 Å². The number of benzene rings is 1. The summed E-state index contributed by atoms with van der Waals surface area (Å²) < 4.78 is 7.36. The van der Waals surface area contributed by atoms with Crippen LogP contribution in [0.1, 0.15) is 29.9 Å². The third-order valence-corrected chi connectivity index (χ3v) is 4.78. The van der Waals surface area contributed by atoms with E-state index in [9.17, 15) is 0 Å². The van der Waals surface area contributed by atoms with E-state index in [2.05, 4.69) is 15.4 Å². The molecule has 0 unspecified atom stereocenters. The molecule has 7 nitrogen and oxygen atoms in total. The maximum Gasteiger partial charge on any atom is 0.238 e. The smallest absolute Gasteiger partial charge is 0.238 e. The number of imidazole rings is 1. The first-order valence-electron chi connectivity index (χ1n) is 8.86. The van der Waals surface area contributed by atoms with Crippen LogP contribution in [0, 0.1) is 6.92 Å². The van der Waals surface area contributed by atoms with Crippen molar-refractivity contribution in [3.8, 4) is 11.6 Å². The minimum atomic E-state index is -0.169. The lowest BCUT2D eigenvalue weighted by atomic mass is 10.0. The van der Waals surface area contributed by atoms with Crippen molar-refractivity contribution in [1.29, 1.82) is 0 Å². The second-order valence-electron chi connectivity index (χ2n) is 6.55. The van der Waals surface area contributed by atoms with Crippen molar-refractivity contribution in [2.75, 3.05) is 7.11 Å². The van der Waals surface area contributed by atoms with E-state index in [-0.39, 0.29) is 12.1 Å². The molecule has 3 aromatic rings. The van der Waals surface area contributed by atoms with E-state index in [1.54, 1.807) is 13.4 Å². The SMILES string of the molecule is COc1nc(C2=N[C@H](c3ccc(Cl)cc3)[C@H](C)ON2)ccc1-n1cnc(C)c1. The summed E-state index contributed by atoms with van der Waals surface area (Å²) >= 11 is 6.00. The molecule has 1 aliphatic heterocycles. The van der Waals surface area contributed by atoms with Gasteiger partial charge in [0.25, 0.3) is 0 Å². The average Bonchev–Trinajstić information content (AvgIpc) is 3.15. The highest BCUT2D eigenvalue weighted by Gasteiger charge is 2.26. The fourth-order valence-electron chi connectivity index (χ4n) is 3.07. The van der Waals surface area contributed by atoms with Crippen LogP contribution in [0.15, 0.2) is 53.9 Å². The van der Waals surface area contributed by atoms with E-state index >= 15 is 0 Å². The van der Waals surface area contributed by atoms with Gasteiger partial charge in [-0.25, -0.2) is 15.4 Å². The van der Waals surface area contributed by atoms with Gasteiger partial charge in [-0.1, -0.05) is 23.7 Å². The molecular weight excluding hydrogens is 378 g/mol. The third-order valence-electron chi connectivity index (χ3n) is 4.53. The molecule has 0 radical (unpaired) electrons. The predicted octanol–water partition coefficient (Wildman–Crippen LogP) is 3.65. The molecule has 0 saturated heterocycles. The third kappa shape index (κ3) is 3.58. The average molecular weight is 398 g/mol. The highest BCUT2D eigenvalue weighted by molar-refractivity contribution is 6.30. The number of halogens is 1. The molecule has 28 heavy (non-hydrogen) atoms. The molecule has 2 atom stereocenters. The van der Waals surface area contributed by atoms with E-state index in [1.165, 1.54) is 0 Å². The summed E-state index contributed by atoms with van der Waals surface area (Å²) in [6, 6.07) is 11.2. The highest BCUT2D eigenvalue weighted by Crippen LogP contribution is 2.28. The molecule has 0 saturated carbocycles. The van der Waals surface area contributed by atoms with Gasteiger partial charge in [0.15, 0.2) is 5.84 Å². The molecule has 8 heteroatoms. The van der Waals surface area contributed by atoms with E-state index in [0.29, 0.717) is 22.4 Å². The van der Waals surface area contributed by atoms with Crippen LogP contribution in [0.5, 0.6) is 5.88 Å². The molecule has 3 heterocycles. The lowest BCUT2D eigenvalue weighted by Gasteiger charge is -2.28. The highest BCUT2D eigenvalue weighted by atomic mass is 35.5. The standard InChI is InChI=1S/C20H20ClN5O2/c1-12-10-26(11-22-12)17-9-8-16(23-20(17)27-3)19-24-18(13(2)28-25-19)14-4-6-15(21)7-5-14/h4-11,13,18H,1-3H3,(H,24,25)/t13-,18-/m0/s1. The van der Waals surface area contributed by atoms with Crippen molar-refractivity contribution in [1.82, 2.24) is 20.0 Å². The minimum Gasteiger partial charge on any atom is -0.479 e. The monoisotopic (exact) mass is 397 g/mol. The van der Waals surface area contributed by atoms with E-state index < -0.39 is 0 Å². The number of hydrogen-bond acceptors (Lipinski definition) is 6.